The third-order valence-electron chi connectivity index (χ3n) is 12.5. The lowest BCUT2D eigenvalue weighted by atomic mass is 9.97. The topological polar surface area (TPSA) is 141 Å². The number of nitrogens with zero attached hydrogens (tertiary/aromatic N) is 1. The van der Waals surface area contributed by atoms with Gasteiger partial charge in [0, 0.05) is 30.0 Å². The number of hydrogen-bond donors (Lipinski definition) is 0. The predicted molar refractivity (Wildman–Crippen MR) is 272 cm³/mol. The summed E-state index contributed by atoms with van der Waals surface area (Å²) in [4.78, 5) is 13.1. The van der Waals surface area contributed by atoms with Crippen molar-refractivity contribution in [3.8, 4) is 11.3 Å². The Kier molecular flexibility index (Phi) is 24.3. The minimum Gasteiger partial charge on any atom is -0.455 e. The van der Waals surface area contributed by atoms with Crippen molar-refractivity contribution in [3.05, 3.63) is 53.3 Å². The molecule has 382 valence electrons. The van der Waals surface area contributed by atoms with Crippen molar-refractivity contribution in [1.29, 1.82) is 0 Å². The standard InChI is InChI=1S/C35H50FNO8SSi.C15H34O4Si/c1-8-31(38)33-29-23-28(25-9-10-25)30(24-32(29)45-34(33)26-11-13-27(36)14-12-26)37(46(5,39)40)15-16-41-17-18-42-19-20-43-21-22-44-47(6,7)35(2,3)4;1-7-8-16-9-10-17-11-12-18-13-14-19-20(5,6)15(2,3)4/h11-14,23-25H,8-10,15-22H2,1-7H3;7-14H2,1-6H3. The first-order chi connectivity index (χ1) is 31.4. The van der Waals surface area contributed by atoms with Crippen molar-refractivity contribution in [1.82, 2.24) is 0 Å². The van der Waals surface area contributed by atoms with Crippen LogP contribution in [-0.4, -0.2) is 136 Å². The minimum absolute atomic E-state index is 0.102. The summed E-state index contributed by atoms with van der Waals surface area (Å²) in [5, 5.41) is 1.06. The summed E-state index contributed by atoms with van der Waals surface area (Å²) < 4.78 is 92.7. The van der Waals surface area contributed by atoms with Crippen LogP contribution < -0.4 is 4.31 Å². The highest BCUT2D eigenvalue weighted by Gasteiger charge is 2.38. The Morgan fingerprint density at radius 2 is 1.12 bits per heavy atom. The number of hydrogen-bond acceptors (Lipinski definition) is 12. The highest BCUT2D eigenvalue weighted by Crippen LogP contribution is 2.48. The van der Waals surface area contributed by atoms with E-state index in [2.05, 4.69) is 74.7 Å². The number of carbonyl (C=O) groups excluding carboxylic acids is 1. The SMILES string of the molecule is CCC(=O)c1c(-c2ccc(F)cc2)oc2cc(N(CCOCCOCCOCCO[Si](C)(C)C(C)(C)C)S(C)(=O)=O)c(C3CC3)cc12.CCCOCCOCCOCCO[Si](C)(C)C(C)(C)C. The maximum absolute atomic E-state index is 13.7. The fourth-order valence-electron chi connectivity index (χ4n) is 6.33. The molecule has 0 amide bonds. The normalized spacial score (nSPS) is 13.8. The third kappa shape index (κ3) is 19.6. The zero-order valence-corrected chi connectivity index (χ0v) is 45.9. The Balaban J connectivity index is 0.000000501. The largest absolute Gasteiger partial charge is 0.455 e. The van der Waals surface area contributed by atoms with E-state index in [1.165, 1.54) is 22.7 Å². The molecule has 3 aromatic rings. The zero-order chi connectivity index (χ0) is 49.9. The van der Waals surface area contributed by atoms with Crippen LogP contribution in [0.25, 0.3) is 22.3 Å². The summed E-state index contributed by atoms with van der Waals surface area (Å²) in [6, 6.07) is 9.40. The molecule has 2 aromatic carbocycles. The lowest BCUT2D eigenvalue weighted by Crippen LogP contribution is -2.41. The Bertz CT molecular complexity index is 2030. The Morgan fingerprint density at radius 3 is 1.52 bits per heavy atom. The van der Waals surface area contributed by atoms with Gasteiger partial charge in [-0.2, -0.15) is 0 Å². The average molecular weight is 998 g/mol. The van der Waals surface area contributed by atoms with Crippen LogP contribution in [0.5, 0.6) is 0 Å². The van der Waals surface area contributed by atoms with Crippen LogP contribution in [0.3, 0.4) is 0 Å². The lowest BCUT2D eigenvalue weighted by molar-refractivity contribution is 0.00865. The van der Waals surface area contributed by atoms with Crippen molar-refractivity contribution in [2.75, 3.05) is 110 Å². The number of sulfonamides is 1. The first-order valence-corrected chi connectivity index (χ1v) is 31.7. The molecule has 1 aliphatic carbocycles. The summed E-state index contributed by atoms with van der Waals surface area (Å²) in [7, 11) is -7.08. The number of benzene rings is 2. The van der Waals surface area contributed by atoms with Crippen LogP contribution in [-0.2, 0) is 47.3 Å². The van der Waals surface area contributed by atoms with E-state index in [1.807, 2.05) is 6.07 Å². The molecule has 0 atom stereocenters. The molecule has 0 aliphatic heterocycles. The summed E-state index contributed by atoms with van der Waals surface area (Å²) in [5.74, 6) is 0.0411. The van der Waals surface area contributed by atoms with Crippen molar-refractivity contribution < 1.29 is 59.3 Å². The zero-order valence-electron chi connectivity index (χ0n) is 43.1. The molecular weight excluding hydrogens is 914 g/mol. The molecule has 13 nitrogen and oxygen atoms in total. The summed E-state index contributed by atoms with van der Waals surface area (Å²) in [6.07, 6.45) is 4.34. The van der Waals surface area contributed by atoms with Gasteiger partial charge in [-0.3, -0.25) is 9.10 Å². The van der Waals surface area contributed by atoms with E-state index in [0.29, 0.717) is 113 Å². The van der Waals surface area contributed by atoms with E-state index in [0.717, 1.165) is 31.4 Å². The van der Waals surface area contributed by atoms with Gasteiger partial charge in [0.2, 0.25) is 10.0 Å². The Labute approximate surface area is 404 Å². The molecule has 17 heteroatoms. The Morgan fingerprint density at radius 1 is 0.687 bits per heavy atom. The van der Waals surface area contributed by atoms with E-state index in [-0.39, 0.29) is 41.4 Å². The van der Waals surface area contributed by atoms with E-state index < -0.39 is 32.5 Å². The second-order valence-corrected chi connectivity index (χ2v) is 31.5. The van der Waals surface area contributed by atoms with Gasteiger partial charge in [-0.15, -0.1) is 0 Å². The van der Waals surface area contributed by atoms with Crippen LogP contribution >= 0.6 is 0 Å². The third-order valence-corrected chi connectivity index (χ3v) is 22.8. The number of furan rings is 1. The summed E-state index contributed by atoms with van der Waals surface area (Å²) in [5.41, 5.74) is 2.79. The van der Waals surface area contributed by atoms with Crippen molar-refractivity contribution in [2.24, 2.45) is 0 Å². The Hall–Kier alpha value is -2.56. The molecule has 1 aromatic heterocycles. The number of ether oxygens (including phenoxy) is 6. The van der Waals surface area contributed by atoms with E-state index in [1.54, 1.807) is 25.1 Å². The quantitative estimate of drug-likeness (QED) is 0.0344. The van der Waals surface area contributed by atoms with Gasteiger partial charge in [-0.05, 0) is 97.3 Å². The van der Waals surface area contributed by atoms with Crippen LogP contribution in [0.15, 0.2) is 40.8 Å². The first kappa shape index (κ1) is 58.8. The lowest BCUT2D eigenvalue weighted by Gasteiger charge is -2.36. The van der Waals surface area contributed by atoms with Gasteiger partial charge in [0.05, 0.1) is 110 Å². The monoisotopic (exact) mass is 998 g/mol. The maximum Gasteiger partial charge on any atom is 0.232 e. The molecule has 0 radical (unpaired) electrons. The number of rotatable bonds is 31. The van der Waals surface area contributed by atoms with Crippen molar-refractivity contribution >= 4 is 49.1 Å². The molecule has 67 heavy (non-hydrogen) atoms. The fourth-order valence-corrected chi connectivity index (χ4v) is 9.30. The molecule has 1 fully saturated rings. The predicted octanol–water partition coefficient (Wildman–Crippen LogP) is 11.0. The second kappa shape index (κ2) is 27.7. The number of fused-ring (bicyclic) bond motifs is 1. The molecule has 0 saturated heterocycles. The number of halogens is 1. The van der Waals surface area contributed by atoms with Crippen LogP contribution in [0, 0.1) is 5.82 Å². The van der Waals surface area contributed by atoms with Crippen LogP contribution in [0.2, 0.25) is 36.3 Å². The van der Waals surface area contributed by atoms with Gasteiger partial charge in [0.15, 0.2) is 22.4 Å². The fraction of sp³-hybridized carbons (Fsp3) is 0.700. The highest BCUT2D eigenvalue weighted by atomic mass is 32.2. The van der Waals surface area contributed by atoms with Gasteiger partial charge in [-0.1, -0.05) is 55.4 Å². The van der Waals surface area contributed by atoms with Crippen molar-refractivity contribution in [2.45, 2.75) is 123 Å². The second-order valence-electron chi connectivity index (χ2n) is 20.0. The molecule has 1 aliphatic rings. The maximum atomic E-state index is 13.7. The van der Waals surface area contributed by atoms with Gasteiger partial charge in [0.25, 0.3) is 0 Å². The van der Waals surface area contributed by atoms with Crippen molar-refractivity contribution in [3.63, 3.8) is 0 Å². The van der Waals surface area contributed by atoms with Crippen LogP contribution in [0.4, 0.5) is 10.1 Å². The van der Waals surface area contributed by atoms with Gasteiger partial charge >= 0.3 is 0 Å². The van der Waals surface area contributed by atoms with Gasteiger partial charge in [0.1, 0.15) is 17.2 Å². The molecule has 0 unspecified atom stereocenters. The number of ketones is 1. The number of carbonyl (C=O) groups is 1. The number of anilines is 1. The molecule has 1 saturated carbocycles. The molecule has 1 heterocycles. The average Bonchev–Trinajstić information content (AvgIpc) is 4.03. The molecule has 0 bridgehead atoms. The molecule has 0 N–H and O–H groups in total. The van der Waals surface area contributed by atoms with Gasteiger partial charge in [-0.25, -0.2) is 12.8 Å². The first-order valence-electron chi connectivity index (χ1n) is 24.1. The minimum atomic E-state index is -3.68. The van der Waals surface area contributed by atoms with E-state index >= 15 is 0 Å². The highest BCUT2D eigenvalue weighted by molar-refractivity contribution is 7.92. The summed E-state index contributed by atoms with van der Waals surface area (Å²) in [6.45, 7) is 33.8. The molecule has 0 spiro atoms. The summed E-state index contributed by atoms with van der Waals surface area (Å²) >= 11 is 0. The molecule has 4 rings (SSSR count). The van der Waals surface area contributed by atoms with Crippen LogP contribution in [0.1, 0.15) is 103 Å². The number of Topliss-reactive ketones (excluding diaryl/α,β-unsaturated/α-hetero) is 1. The smallest absolute Gasteiger partial charge is 0.232 e. The van der Waals surface area contributed by atoms with Gasteiger partial charge < -0.3 is 41.7 Å². The molecular formula is C50H84FNO12SSi2. The van der Waals surface area contributed by atoms with E-state index in [4.69, 9.17) is 41.7 Å². The van der Waals surface area contributed by atoms with E-state index in [9.17, 15) is 17.6 Å².